The van der Waals surface area contributed by atoms with Gasteiger partial charge in [0.05, 0.1) is 18.4 Å². The molecule has 0 saturated carbocycles. The number of aliphatic hydroxyl groups is 1. The average molecular weight is 533 g/mol. The Hall–Kier alpha value is -2.74. The Labute approximate surface area is 229 Å². The van der Waals surface area contributed by atoms with Gasteiger partial charge in [0, 0.05) is 27.4 Å². The number of aliphatic hydroxyl groups excluding tert-OH is 1. The molecule has 0 bridgehead atoms. The van der Waals surface area contributed by atoms with E-state index in [2.05, 4.69) is 13.8 Å². The lowest BCUT2D eigenvalue weighted by atomic mass is 9.99. The van der Waals surface area contributed by atoms with Crippen LogP contribution in [-0.2, 0) is 32.1 Å². The van der Waals surface area contributed by atoms with Gasteiger partial charge in [-0.1, -0.05) is 65.3 Å². The van der Waals surface area contributed by atoms with Gasteiger partial charge in [-0.15, -0.1) is 0 Å². The standard InChI is InChI=1S/C16H24O4.C14H20O3.CH4/c1-3-4-5-14(10-11-19-2)16(18)20-15-8-6-13(12-17)7-9-15;1-4-12-5-7-13(8-6-12)17-14(15)11(2)9-10-16-3;/h6-9,14,17H,3-5,10-12H2,1-2H3;5-8,11H,4,9-10H2,1-3H3;1H4. The molecule has 7 nitrogen and oxygen atoms in total. The molecule has 1 N–H and O–H groups in total. The number of esters is 2. The van der Waals surface area contributed by atoms with Crippen molar-refractivity contribution in [2.45, 2.75) is 73.3 Å². The van der Waals surface area contributed by atoms with Crippen LogP contribution in [-0.4, -0.2) is 44.5 Å². The van der Waals surface area contributed by atoms with Crippen molar-refractivity contribution in [2.75, 3.05) is 27.4 Å². The number of methoxy groups -OCH3 is 2. The number of hydrogen-bond donors (Lipinski definition) is 1. The van der Waals surface area contributed by atoms with Crippen LogP contribution in [0.15, 0.2) is 48.5 Å². The third kappa shape index (κ3) is 14.3. The number of benzene rings is 2. The van der Waals surface area contributed by atoms with Gasteiger partial charge in [-0.2, -0.15) is 0 Å². The summed E-state index contributed by atoms with van der Waals surface area (Å²) in [5, 5.41) is 8.97. The van der Waals surface area contributed by atoms with E-state index < -0.39 is 0 Å². The normalized spacial score (nSPS) is 11.8. The third-order valence-corrected chi connectivity index (χ3v) is 5.94. The second-order valence-electron chi connectivity index (χ2n) is 8.94. The number of unbranched alkanes of at least 4 members (excludes halogenated alkanes) is 1. The molecule has 7 heteroatoms. The van der Waals surface area contributed by atoms with Gasteiger partial charge in [-0.05, 0) is 61.1 Å². The van der Waals surface area contributed by atoms with Crippen LogP contribution in [0, 0.1) is 11.8 Å². The first kappa shape index (κ1) is 35.3. The van der Waals surface area contributed by atoms with Gasteiger partial charge in [0.2, 0.25) is 0 Å². The predicted molar refractivity (Wildman–Crippen MR) is 151 cm³/mol. The minimum Gasteiger partial charge on any atom is -0.426 e. The van der Waals surface area contributed by atoms with E-state index in [1.54, 1.807) is 38.5 Å². The lowest BCUT2D eigenvalue weighted by Gasteiger charge is -2.15. The van der Waals surface area contributed by atoms with Crippen molar-refractivity contribution in [3.05, 3.63) is 59.7 Å². The van der Waals surface area contributed by atoms with E-state index in [9.17, 15) is 9.59 Å². The van der Waals surface area contributed by atoms with Crippen LogP contribution < -0.4 is 9.47 Å². The molecule has 0 amide bonds. The summed E-state index contributed by atoms with van der Waals surface area (Å²) in [5.41, 5.74) is 2.03. The molecule has 2 aromatic rings. The molecule has 0 fully saturated rings. The van der Waals surface area contributed by atoms with E-state index >= 15 is 0 Å². The number of rotatable bonds is 15. The van der Waals surface area contributed by atoms with Crippen LogP contribution >= 0.6 is 0 Å². The molecule has 0 saturated heterocycles. The van der Waals surface area contributed by atoms with Gasteiger partial charge >= 0.3 is 11.9 Å². The van der Waals surface area contributed by atoms with Crippen LogP contribution in [0.2, 0.25) is 0 Å². The first-order valence-electron chi connectivity index (χ1n) is 13.1. The monoisotopic (exact) mass is 532 g/mol. The number of aryl methyl sites for hydroxylation is 1. The van der Waals surface area contributed by atoms with Crippen LogP contribution in [0.1, 0.15) is 71.4 Å². The van der Waals surface area contributed by atoms with E-state index in [0.29, 0.717) is 37.6 Å². The maximum Gasteiger partial charge on any atom is 0.314 e. The van der Waals surface area contributed by atoms with Crippen molar-refractivity contribution in [1.29, 1.82) is 0 Å². The van der Waals surface area contributed by atoms with E-state index in [0.717, 1.165) is 31.2 Å². The molecule has 2 atom stereocenters. The van der Waals surface area contributed by atoms with Gasteiger partial charge in [-0.25, -0.2) is 0 Å². The van der Waals surface area contributed by atoms with Crippen LogP contribution in [0.4, 0.5) is 0 Å². The fourth-order valence-corrected chi connectivity index (χ4v) is 3.38. The zero-order valence-corrected chi connectivity index (χ0v) is 23.0. The second-order valence-corrected chi connectivity index (χ2v) is 8.94. The van der Waals surface area contributed by atoms with Gasteiger partial charge in [-0.3, -0.25) is 9.59 Å². The summed E-state index contributed by atoms with van der Waals surface area (Å²) < 4.78 is 20.7. The second kappa shape index (κ2) is 21.2. The molecule has 0 heterocycles. The third-order valence-electron chi connectivity index (χ3n) is 5.94. The zero-order chi connectivity index (χ0) is 27.5. The van der Waals surface area contributed by atoms with E-state index in [4.69, 9.17) is 24.1 Å². The molecule has 0 aliphatic carbocycles. The van der Waals surface area contributed by atoms with Crippen LogP contribution in [0.25, 0.3) is 0 Å². The van der Waals surface area contributed by atoms with Crippen LogP contribution in [0.3, 0.4) is 0 Å². The Kier molecular flexibility index (Phi) is 19.7. The molecule has 2 unspecified atom stereocenters. The highest BCUT2D eigenvalue weighted by atomic mass is 16.5. The molecule has 0 aliphatic rings. The molecule has 38 heavy (non-hydrogen) atoms. The molecule has 0 aliphatic heterocycles. The van der Waals surface area contributed by atoms with Gasteiger partial charge in [0.1, 0.15) is 11.5 Å². The quantitative estimate of drug-likeness (QED) is 0.210. The van der Waals surface area contributed by atoms with Gasteiger partial charge < -0.3 is 24.1 Å². The lowest BCUT2D eigenvalue weighted by Crippen LogP contribution is -2.22. The van der Waals surface area contributed by atoms with E-state index in [1.165, 1.54) is 5.56 Å². The maximum absolute atomic E-state index is 12.2. The van der Waals surface area contributed by atoms with Gasteiger partial charge in [0.25, 0.3) is 0 Å². The van der Waals surface area contributed by atoms with Crippen LogP contribution in [0.5, 0.6) is 11.5 Å². The highest BCUT2D eigenvalue weighted by Crippen LogP contribution is 2.19. The summed E-state index contributed by atoms with van der Waals surface area (Å²) in [5.74, 6) is 0.467. The van der Waals surface area contributed by atoms with Crippen molar-refractivity contribution in [3.8, 4) is 11.5 Å². The summed E-state index contributed by atoms with van der Waals surface area (Å²) in [4.78, 5) is 23.8. The van der Waals surface area contributed by atoms with Crippen molar-refractivity contribution >= 4 is 11.9 Å². The Morgan fingerprint density at radius 1 is 0.763 bits per heavy atom. The summed E-state index contributed by atoms with van der Waals surface area (Å²) >= 11 is 0. The Balaban J connectivity index is 0.000000711. The van der Waals surface area contributed by atoms with E-state index in [1.807, 2.05) is 31.2 Å². The number of hydrogen-bond acceptors (Lipinski definition) is 7. The van der Waals surface area contributed by atoms with Gasteiger partial charge in [0.15, 0.2) is 0 Å². The molecular formula is C31H48O7. The maximum atomic E-state index is 12.2. The molecule has 2 rings (SSSR count). The minimum absolute atomic E-state index is 0. The predicted octanol–water partition coefficient (Wildman–Crippen LogP) is 6.39. The van der Waals surface area contributed by atoms with Crippen molar-refractivity contribution < 1.29 is 33.6 Å². The summed E-state index contributed by atoms with van der Waals surface area (Å²) in [6.45, 7) is 7.17. The Morgan fingerprint density at radius 2 is 1.26 bits per heavy atom. The van der Waals surface area contributed by atoms with Crippen molar-refractivity contribution in [1.82, 2.24) is 0 Å². The first-order valence-corrected chi connectivity index (χ1v) is 13.1. The topological polar surface area (TPSA) is 91.3 Å². The number of carbonyl (C=O) groups is 2. The number of ether oxygens (including phenoxy) is 4. The highest BCUT2D eigenvalue weighted by molar-refractivity contribution is 5.75. The SMILES string of the molecule is C.CCCCC(CCOC)C(=O)Oc1ccc(CO)cc1.CCc1ccc(OC(=O)C(C)CCOC)cc1. The summed E-state index contributed by atoms with van der Waals surface area (Å²) in [7, 11) is 3.26. The largest absolute Gasteiger partial charge is 0.426 e. The fraction of sp³-hybridized carbons (Fsp3) is 0.548. The van der Waals surface area contributed by atoms with Crippen molar-refractivity contribution in [2.24, 2.45) is 11.8 Å². The summed E-state index contributed by atoms with van der Waals surface area (Å²) in [6.07, 6.45) is 5.24. The van der Waals surface area contributed by atoms with Crippen molar-refractivity contribution in [3.63, 3.8) is 0 Å². The molecular weight excluding hydrogens is 484 g/mol. The minimum atomic E-state index is -0.203. The molecule has 2 aromatic carbocycles. The molecule has 214 valence electrons. The zero-order valence-electron chi connectivity index (χ0n) is 23.0. The Morgan fingerprint density at radius 3 is 1.74 bits per heavy atom. The Bertz CT molecular complexity index is 870. The average Bonchev–Trinajstić information content (AvgIpc) is 2.92. The molecule has 0 aromatic heterocycles. The smallest absolute Gasteiger partial charge is 0.314 e. The fourth-order valence-electron chi connectivity index (χ4n) is 3.38. The highest BCUT2D eigenvalue weighted by Gasteiger charge is 2.20. The first-order chi connectivity index (χ1) is 17.9. The number of carbonyl (C=O) groups excluding carboxylic acids is 2. The van der Waals surface area contributed by atoms with E-state index in [-0.39, 0.29) is 37.8 Å². The molecule has 0 radical (unpaired) electrons. The lowest BCUT2D eigenvalue weighted by molar-refractivity contribution is -0.140. The molecule has 0 spiro atoms. The summed E-state index contributed by atoms with van der Waals surface area (Å²) in [6, 6.07) is 14.5.